The normalized spacial score (nSPS) is 12.4. The summed E-state index contributed by atoms with van der Waals surface area (Å²) in [6.07, 6.45) is 1.72. The van der Waals surface area contributed by atoms with Crippen molar-refractivity contribution in [2.24, 2.45) is 5.92 Å². The largest absolute Gasteiger partial charge is 0.355 e. The molecule has 1 aromatic rings. The molecule has 2 atom stereocenters. The topological polar surface area (TPSA) is 41.1 Å². The van der Waals surface area contributed by atoms with Gasteiger partial charge in [-0.05, 0) is 24.3 Å². The molecule has 0 bridgehead atoms. The molecule has 1 rings (SSSR count). The van der Waals surface area contributed by atoms with Crippen LogP contribution in [0, 0.1) is 5.92 Å². The van der Waals surface area contributed by atoms with Gasteiger partial charge in [-0.25, -0.2) is 0 Å². The van der Waals surface area contributed by atoms with Gasteiger partial charge in [0.15, 0.2) is 0 Å². The average molecular weight is 266 g/mol. The zero-order valence-corrected chi connectivity index (χ0v) is 12.3. The van der Waals surface area contributed by atoms with E-state index < -0.39 is 0 Å². The molecule has 4 heteroatoms. The van der Waals surface area contributed by atoms with Crippen LogP contribution in [0.1, 0.15) is 25.8 Å². The van der Waals surface area contributed by atoms with E-state index in [4.69, 9.17) is 0 Å². The number of carbonyl (C=O) groups is 1. The van der Waals surface area contributed by atoms with Gasteiger partial charge in [0.25, 0.3) is 0 Å². The first kappa shape index (κ1) is 15.1. The number of amides is 1. The van der Waals surface area contributed by atoms with E-state index in [2.05, 4.69) is 33.6 Å². The first-order valence-electron chi connectivity index (χ1n) is 6.41. The zero-order chi connectivity index (χ0) is 13.4. The van der Waals surface area contributed by atoms with Crippen LogP contribution in [0.2, 0.25) is 0 Å². The molecule has 0 aliphatic carbocycles. The molecule has 0 radical (unpaired) electrons. The van der Waals surface area contributed by atoms with Crippen LogP contribution < -0.4 is 10.4 Å². The Hall–Kier alpha value is -0.920. The van der Waals surface area contributed by atoms with Crippen LogP contribution in [0.3, 0.4) is 0 Å². The van der Waals surface area contributed by atoms with Crippen molar-refractivity contribution in [1.82, 2.24) is 10.4 Å². The number of benzene rings is 1. The van der Waals surface area contributed by atoms with Crippen molar-refractivity contribution in [3.8, 4) is 0 Å². The minimum atomic E-state index is -0.190. The number of nitrogens with one attached hydrogen (secondary N) is 2. The maximum Gasteiger partial charge on any atom is 0.237 e. The molecule has 2 N–H and O–H groups in total. The standard InChI is InChI=1S/C14H23N2OP/c1-11(2)8-9-15-14(17)13(16-18)10-12-6-4-3-5-7-12/h3-7,11,13,16H,8-10,18H2,1-2H3,(H,15,17). The SMILES string of the molecule is CC(C)CCNC(=O)C(Cc1ccccc1)NP. The summed E-state index contributed by atoms with van der Waals surface area (Å²) in [6.45, 7) is 5.05. The molecule has 2 unspecified atom stereocenters. The molecule has 1 aromatic carbocycles. The highest BCUT2D eigenvalue weighted by molar-refractivity contribution is 7.13. The van der Waals surface area contributed by atoms with Crippen molar-refractivity contribution in [3.05, 3.63) is 35.9 Å². The monoisotopic (exact) mass is 266 g/mol. The summed E-state index contributed by atoms with van der Waals surface area (Å²) in [7, 11) is 2.43. The molecule has 0 spiro atoms. The predicted octanol–water partition coefficient (Wildman–Crippen LogP) is 2.14. The van der Waals surface area contributed by atoms with Gasteiger partial charge in [-0.1, -0.05) is 53.6 Å². The Bertz CT molecular complexity index is 354. The predicted molar refractivity (Wildman–Crippen MR) is 79.2 cm³/mol. The van der Waals surface area contributed by atoms with E-state index in [1.165, 1.54) is 0 Å². The molecular formula is C14H23N2OP. The first-order valence-corrected chi connectivity index (χ1v) is 6.99. The minimum absolute atomic E-state index is 0.0644. The van der Waals surface area contributed by atoms with Gasteiger partial charge in [-0.3, -0.25) is 9.88 Å². The Morgan fingerprint density at radius 1 is 1.28 bits per heavy atom. The van der Waals surface area contributed by atoms with Gasteiger partial charge in [0.1, 0.15) is 0 Å². The fraction of sp³-hybridized carbons (Fsp3) is 0.500. The molecule has 0 heterocycles. The van der Waals surface area contributed by atoms with Crippen molar-refractivity contribution in [1.29, 1.82) is 0 Å². The molecule has 0 saturated carbocycles. The fourth-order valence-corrected chi connectivity index (χ4v) is 1.95. The molecule has 0 saturated heterocycles. The second kappa shape index (κ2) is 8.23. The quantitative estimate of drug-likeness (QED) is 0.742. The van der Waals surface area contributed by atoms with Crippen LogP contribution in [0.5, 0.6) is 0 Å². The Kier molecular flexibility index (Phi) is 6.92. The first-order chi connectivity index (χ1) is 8.63. The van der Waals surface area contributed by atoms with E-state index in [0.29, 0.717) is 12.3 Å². The van der Waals surface area contributed by atoms with E-state index in [1.54, 1.807) is 0 Å². The smallest absolute Gasteiger partial charge is 0.237 e. The third kappa shape index (κ3) is 5.61. The highest BCUT2D eigenvalue weighted by atomic mass is 31.0. The second-order valence-corrected chi connectivity index (χ2v) is 5.22. The summed E-state index contributed by atoms with van der Waals surface area (Å²) in [5, 5.41) is 5.96. The molecule has 18 heavy (non-hydrogen) atoms. The van der Waals surface area contributed by atoms with Crippen LogP contribution >= 0.6 is 9.39 Å². The Morgan fingerprint density at radius 3 is 2.50 bits per heavy atom. The zero-order valence-electron chi connectivity index (χ0n) is 11.1. The minimum Gasteiger partial charge on any atom is -0.355 e. The van der Waals surface area contributed by atoms with Crippen molar-refractivity contribution in [2.45, 2.75) is 32.7 Å². The lowest BCUT2D eigenvalue weighted by molar-refractivity contribution is -0.122. The summed E-state index contributed by atoms with van der Waals surface area (Å²) >= 11 is 0. The van der Waals surface area contributed by atoms with Gasteiger partial charge in [0.2, 0.25) is 5.91 Å². The Labute approximate surface area is 112 Å². The van der Waals surface area contributed by atoms with Gasteiger partial charge in [0, 0.05) is 6.54 Å². The van der Waals surface area contributed by atoms with Gasteiger partial charge < -0.3 is 5.32 Å². The lowest BCUT2D eigenvalue weighted by Gasteiger charge is -2.16. The van der Waals surface area contributed by atoms with Gasteiger partial charge in [0.05, 0.1) is 6.04 Å². The van der Waals surface area contributed by atoms with Crippen molar-refractivity contribution >= 4 is 15.3 Å². The molecular weight excluding hydrogens is 243 g/mol. The van der Waals surface area contributed by atoms with E-state index >= 15 is 0 Å². The number of rotatable bonds is 7. The van der Waals surface area contributed by atoms with Crippen LogP contribution in [-0.4, -0.2) is 18.5 Å². The van der Waals surface area contributed by atoms with E-state index in [9.17, 15) is 4.79 Å². The fourth-order valence-electron chi connectivity index (χ4n) is 1.68. The maximum absolute atomic E-state index is 12.0. The summed E-state index contributed by atoms with van der Waals surface area (Å²) in [4.78, 5) is 12.0. The van der Waals surface area contributed by atoms with Crippen molar-refractivity contribution < 1.29 is 4.79 Å². The highest BCUT2D eigenvalue weighted by Crippen LogP contribution is 2.05. The molecule has 0 fully saturated rings. The molecule has 0 aliphatic heterocycles. The summed E-state index contributed by atoms with van der Waals surface area (Å²) in [5.41, 5.74) is 1.16. The lowest BCUT2D eigenvalue weighted by Crippen LogP contribution is -2.42. The third-order valence-corrected chi connectivity index (χ3v) is 3.22. The summed E-state index contributed by atoms with van der Waals surface area (Å²) in [6, 6.07) is 9.85. The number of hydrogen-bond acceptors (Lipinski definition) is 2. The Morgan fingerprint density at radius 2 is 1.94 bits per heavy atom. The van der Waals surface area contributed by atoms with Gasteiger partial charge in [-0.15, -0.1) is 0 Å². The second-order valence-electron chi connectivity index (χ2n) is 4.88. The van der Waals surface area contributed by atoms with Crippen LogP contribution in [0.25, 0.3) is 0 Å². The van der Waals surface area contributed by atoms with Crippen LogP contribution in [-0.2, 0) is 11.2 Å². The lowest BCUT2D eigenvalue weighted by atomic mass is 10.1. The van der Waals surface area contributed by atoms with Gasteiger partial charge >= 0.3 is 0 Å². The third-order valence-electron chi connectivity index (χ3n) is 2.82. The van der Waals surface area contributed by atoms with E-state index in [-0.39, 0.29) is 11.9 Å². The Balaban J connectivity index is 2.43. The summed E-state index contributed by atoms with van der Waals surface area (Å²) < 4.78 is 0. The molecule has 1 amide bonds. The molecule has 0 aromatic heterocycles. The van der Waals surface area contributed by atoms with Crippen LogP contribution in [0.15, 0.2) is 30.3 Å². The van der Waals surface area contributed by atoms with Crippen molar-refractivity contribution in [2.75, 3.05) is 6.54 Å². The number of carbonyl (C=O) groups excluding carboxylic acids is 1. The van der Waals surface area contributed by atoms with Gasteiger partial charge in [-0.2, -0.15) is 0 Å². The highest BCUT2D eigenvalue weighted by Gasteiger charge is 2.16. The van der Waals surface area contributed by atoms with E-state index in [1.807, 2.05) is 30.3 Å². The van der Waals surface area contributed by atoms with Crippen molar-refractivity contribution in [3.63, 3.8) is 0 Å². The van der Waals surface area contributed by atoms with Crippen LogP contribution in [0.4, 0.5) is 0 Å². The average Bonchev–Trinajstić information content (AvgIpc) is 2.36. The molecule has 0 aliphatic rings. The maximum atomic E-state index is 12.0. The van der Waals surface area contributed by atoms with E-state index in [0.717, 1.165) is 18.5 Å². The number of hydrogen-bond donors (Lipinski definition) is 2. The summed E-state index contributed by atoms with van der Waals surface area (Å²) in [5.74, 6) is 0.677. The molecule has 3 nitrogen and oxygen atoms in total. The molecule has 100 valence electrons.